The SMILES string of the molecule is Cc1ccccc1-c1c(N)n(SC(=O)O)n(C(C)C)c1=O. The zero-order valence-corrected chi connectivity index (χ0v) is 12.8. The lowest BCUT2D eigenvalue weighted by Crippen LogP contribution is -2.24. The minimum atomic E-state index is -1.12. The number of hydrogen-bond donors (Lipinski definition) is 2. The van der Waals surface area contributed by atoms with Crippen LogP contribution in [0.15, 0.2) is 29.1 Å². The largest absolute Gasteiger partial charge is 0.472 e. The van der Waals surface area contributed by atoms with Crippen LogP contribution in [0.1, 0.15) is 25.5 Å². The van der Waals surface area contributed by atoms with Crippen molar-refractivity contribution in [2.24, 2.45) is 0 Å². The molecule has 0 aliphatic heterocycles. The van der Waals surface area contributed by atoms with E-state index in [1.807, 2.05) is 31.2 Å². The normalized spacial score (nSPS) is 11.0. The Labute approximate surface area is 126 Å². The van der Waals surface area contributed by atoms with Gasteiger partial charge in [0.15, 0.2) is 0 Å². The number of hydrogen-bond acceptors (Lipinski definition) is 4. The number of nitrogen functional groups attached to an aromatic ring is 1. The van der Waals surface area contributed by atoms with Gasteiger partial charge in [0.1, 0.15) is 5.82 Å². The van der Waals surface area contributed by atoms with Crippen molar-refractivity contribution in [2.75, 3.05) is 5.73 Å². The smallest absolute Gasteiger partial charge is 0.387 e. The molecule has 3 N–H and O–H groups in total. The Hall–Kier alpha value is -2.15. The summed E-state index contributed by atoms with van der Waals surface area (Å²) >= 11 is 0.487. The Balaban J connectivity index is 2.77. The molecule has 0 radical (unpaired) electrons. The van der Waals surface area contributed by atoms with Crippen LogP contribution in [0.3, 0.4) is 0 Å². The van der Waals surface area contributed by atoms with Gasteiger partial charge >= 0.3 is 5.30 Å². The Morgan fingerprint density at radius 2 is 1.95 bits per heavy atom. The van der Waals surface area contributed by atoms with Crippen LogP contribution in [0.2, 0.25) is 0 Å². The molecule has 0 amide bonds. The van der Waals surface area contributed by atoms with Gasteiger partial charge in [-0.25, -0.2) is 9.48 Å². The maximum Gasteiger partial charge on any atom is 0.387 e. The van der Waals surface area contributed by atoms with Crippen LogP contribution in [-0.4, -0.2) is 19.2 Å². The van der Waals surface area contributed by atoms with E-state index in [4.69, 9.17) is 10.8 Å². The summed E-state index contributed by atoms with van der Waals surface area (Å²) in [6, 6.07) is 7.18. The van der Waals surface area contributed by atoms with Crippen LogP contribution in [0.4, 0.5) is 10.6 Å². The maximum absolute atomic E-state index is 12.6. The molecule has 0 fully saturated rings. The molecule has 7 heteroatoms. The lowest BCUT2D eigenvalue weighted by Gasteiger charge is -2.12. The fourth-order valence-electron chi connectivity index (χ4n) is 2.24. The highest BCUT2D eigenvalue weighted by Gasteiger charge is 2.23. The van der Waals surface area contributed by atoms with Crippen molar-refractivity contribution >= 4 is 23.1 Å². The highest BCUT2D eigenvalue weighted by molar-refractivity contribution is 8.11. The summed E-state index contributed by atoms with van der Waals surface area (Å²) in [5.74, 6) is 0.149. The summed E-state index contributed by atoms with van der Waals surface area (Å²) in [5.41, 5.74) is 7.74. The monoisotopic (exact) mass is 307 g/mol. The second-order valence-corrected chi connectivity index (χ2v) is 5.83. The van der Waals surface area contributed by atoms with Gasteiger partial charge in [-0.05, 0) is 31.9 Å². The van der Waals surface area contributed by atoms with Crippen LogP contribution in [0.5, 0.6) is 0 Å². The minimum absolute atomic E-state index is 0.149. The Morgan fingerprint density at radius 1 is 1.33 bits per heavy atom. The first-order valence-electron chi connectivity index (χ1n) is 6.44. The molecule has 0 unspecified atom stereocenters. The molecule has 0 atom stereocenters. The fraction of sp³-hybridized carbons (Fsp3) is 0.286. The predicted octanol–water partition coefficient (Wildman–Crippen LogP) is 2.96. The molecule has 2 aromatic rings. The molecular formula is C14H17N3O3S. The zero-order chi connectivity index (χ0) is 15.7. The van der Waals surface area contributed by atoms with E-state index in [0.29, 0.717) is 17.5 Å². The van der Waals surface area contributed by atoms with Gasteiger partial charge < -0.3 is 10.8 Å². The van der Waals surface area contributed by atoms with Gasteiger partial charge in [0.05, 0.1) is 17.5 Å². The topological polar surface area (TPSA) is 90.2 Å². The van der Waals surface area contributed by atoms with Crippen molar-refractivity contribution in [1.82, 2.24) is 8.77 Å². The van der Waals surface area contributed by atoms with E-state index in [-0.39, 0.29) is 17.4 Å². The minimum Gasteiger partial charge on any atom is -0.472 e. The third kappa shape index (κ3) is 2.69. The van der Waals surface area contributed by atoms with Crippen molar-refractivity contribution in [1.29, 1.82) is 0 Å². The molecule has 0 saturated heterocycles. The highest BCUT2D eigenvalue weighted by atomic mass is 32.2. The number of benzene rings is 1. The summed E-state index contributed by atoms with van der Waals surface area (Å²) in [4.78, 5) is 23.6. The summed E-state index contributed by atoms with van der Waals surface area (Å²) in [6.45, 7) is 5.50. The highest BCUT2D eigenvalue weighted by Crippen LogP contribution is 2.29. The van der Waals surface area contributed by atoms with Gasteiger partial charge in [-0.2, -0.15) is 4.09 Å². The van der Waals surface area contributed by atoms with E-state index in [9.17, 15) is 9.59 Å². The summed E-state index contributed by atoms with van der Waals surface area (Å²) < 4.78 is 2.60. The number of nitrogens with zero attached hydrogens (tertiary/aromatic N) is 2. The Kier molecular flexibility index (Phi) is 4.13. The van der Waals surface area contributed by atoms with E-state index in [1.165, 1.54) is 8.77 Å². The molecule has 0 saturated carbocycles. The third-order valence-corrected chi connectivity index (χ3v) is 3.85. The molecular weight excluding hydrogens is 290 g/mol. The zero-order valence-electron chi connectivity index (χ0n) is 12.0. The standard InChI is InChI=1S/C14H17N3O3S/c1-8(2)16-13(18)11(10-7-5-4-6-9(10)3)12(15)17(16)21-14(19)20/h4-8H,15H2,1-3H3,(H,19,20). The number of carboxylic acid groups (broad SMARTS) is 1. The van der Waals surface area contributed by atoms with Gasteiger partial charge in [-0.15, -0.1) is 0 Å². The molecule has 1 aromatic carbocycles. The number of aromatic nitrogens is 2. The molecule has 112 valence electrons. The summed E-state index contributed by atoms with van der Waals surface area (Å²) in [7, 11) is 0. The van der Waals surface area contributed by atoms with E-state index in [1.54, 1.807) is 13.8 Å². The van der Waals surface area contributed by atoms with Crippen molar-refractivity contribution in [2.45, 2.75) is 26.8 Å². The molecule has 0 spiro atoms. The van der Waals surface area contributed by atoms with Crippen LogP contribution < -0.4 is 11.3 Å². The van der Waals surface area contributed by atoms with Gasteiger partial charge in [0.2, 0.25) is 0 Å². The first-order valence-corrected chi connectivity index (χ1v) is 7.22. The van der Waals surface area contributed by atoms with Gasteiger partial charge in [0.25, 0.3) is 5.56 Å². The van der Waals surface area contributed by atoms with Crippen LogP contribution in [0, 0.1) is 6.92 Å². The number of anilines is 1. The van der Waals surface area contributed by atoms with E-state index >= 15 is 0 Å². The van der Waals surface area contributed by atoms with E-state index < -0.39 is 5.30 Å². The van der Waals surface area contributed by atoms with E-state index in [0.717, 1.165) is 11.1 Å². The lowest BCUT2D eigenvalue weighted by atomic mass is 10.0. The van der Waals surface area contributed by atoms with Crippen molar-refractivity contribution in [3.8, 4) is 11.1 Å². The van der Waals surface area contributed by atoms with Gasteiger partial charge in [-0.3, -0.25) is 4.79 Å². The fourth-order valence-corrected chi connectivity index (χ4v) is 2.92. The number of aryl methyl sites for hydroxylation is 1. The average Bonchev–Trinajstić information content (AvgIpc) is 2.62. The first-order chi connectivity index (χ1) is 9.84. The van der Waals surface area contributed by atoms with E-state index in [2.05, 4.69) is 0 Å². The number of rotatable bonds is 3. The molecule has 0 bridgehead atoms. The summed E-state index contributed by atoms with van der Waals surface area (Å²) in [5, 5.41) is 7.87. The van der Waals surface area contributed by atoms with Gasteiger partial charge in [0, 0.05) is 6.04 Å². The molecule has 6 nitrogen and oxygen atoms in total. The lowest BCUT2D eigenvalue weighted by molar-refractivity contribution is 0.222. The Bertz CT molecular complexity index is 746. The molecule has 0 aliphatic carbocycles. The van der Waals surface area contributed by atoms with Gasteiger partial charge in [-0.1, -0.05) is 24.3 Å². The van der Waals surface area contributed by atoms with Crippen molar-refractivity contribution < 1.29 is 9.90 Å². The van der Waals surface area contributed by atoms with Crippen LogP contribution in [0.25, 0.3) is 11.1 Å². The molecule has 2 rings (SSSR count). The second kappa shape index (κ2) is 5.69. The predicted molar refractivity (Wildman–Crippen MR) is 84.7 cm³/mol. The molecule has 1 aromatic heterocycles. The van der Waals surface area contributed by atoms with Crippen LogP contribution in [-0.2, 0) is 0 Å². The first kappa shape index (κ1) is 15.2. The third-order valence-electron chi connectivity index (χ3n) is 3.15. The quantitative estimate of drug-likeness (QED) is 0.909. The Morgan fingerprint density at radius 3 is 2.48 bits per heavy atom. The average molecular weight is 307 g/mol. The van der Waals surface area contributed by atoms with Crippen molar-refractivity contribution in [3.05, 3.63) is 40.2 Å². The second-order valence-electron chi connectivity index (χ2n) is 4.95. The maximum atomic E-state index is 12.6. The number of nitrogens with two attached hydrogens (primary N) is 1. The number of carbonyl (C=O) groups is 1. The van der Waals surface area contributed by atoms with Crippen LogP contribution >= 0.6 is 11.9 Å². The summed E-state index contributed by atoms with van der Waals surface area (Å²) in [6.07, 6.45) is 0. The molecule has 21 heavy (non-hydrogen) atoms. The van der Waals surface area contributed by atoms with Crippen molar-refractivity contribution in [3.63, 3.8) is 0 Å². The molecule has 1 heterocycles. The molecule has 0 aliphatic rings.